The average molecular weight is 412 g/mol. The molecule has 0 amide bonds. The van der Waals surface area contributed by atoms with Gasteiger partial charge in [0.15, 0.2) is 7.14 Å². The molecule has 2 atom stereocenters. The first-order valence-electron chi connectivity index (χ1n) is 10.1. The molecule has 0 fully saturated rings. The van der Waals surface area contributed by atoms with Crippen molar-refractivity contribution in [2.75, 3.05) is 7.11 Å². The molecule has 2 unspecified atom stereocenters. The number of methoxy groups -OCH3 is 1. The number of para-hydroxylation sites is 1. The molecule has 2 nitrogen and oxygen atoms in total. The highest BCUT2D eigenvalue weighted by molar-refractivity contribution is 7.79. The third kappa shape index (κ3) is 3.97. The number of rotatable bonds is 7. The minimum atomic E-state index is -3.10. The van der Waals surface area contributed by atoms with Gasteiger partial charge in [0.05, 0.1) is 12.4 Å². The van der Waals surface area contributed by atoms with Crippen LogP contribution < -0.4 is 15.3 Å². The summed E-state index contributed by atoms with van der Waals surface area (Å²) in [6.07, 6.45) is 0.676. The van der Waals surface area contributed by atoms with E-state index in [4.69, 9.17) is 4.74 Å². The summed E-state index contributed by atoms with van der Waals surface area (Å²) in [7, 11) is -1.46. The molecule has 0 aliphatic rings. The van der Waals surface area contributed by atoms with Crippen LogP contribution in [0.4, 0.5) is 0 Å². The summed E-state index contributed by atoms with van der Waals surface area (Å²) in [5, 5.41) is 1.61. The summed E-state index contributed by atoms with van der Waals surface area (Å²) < 4.78 is 20.9. The second-order valence-electron chi connectivity index (χ2n) is 7.28. The topological polar surface area (TPSA) is 26.3 Å². The van der Waals surface area contributed by atoms with E-state index in [2.05, 4.69) is 24.3 Å². The van der Waals surface area contributed by atoms with E-state index in [9.17, 15) is 0 Å². The molecule has 0 aliphatic heterocycles. The molecule has 0 N–H and O–H groups in total. The minimum Gasteiger partial charge on any atom is -0.496 e. The van der Waals surface area contributed by atoms with Crippen molar-refractivity contribution in [1.82, 2.24) is 0 Å². The van der Waals surface area contributed by atoms with Crippen molar-refractivity contribution in [3.8, 4) is 5.75 Å². The predicted molar refractivity (Wildman–Crippen MR) is 126 cm³/mol. The first-order chi connectivity index (χ1) is 14.7. The second-order valence-corrected chi connectivity index (χ2v) is 10.2. The standard InChI is InChI=1S/C27H25O2P/c1-29-25-19-11-12-20-26(25)30(28,24-17-9-4-10-18-24)27(23-15-7-3-8-16-23)21-22-13-5-2-6-14-22/h2-20,27H,21H2,1H3. The Bertz CT molecular complexity index is 1130. The first-order valence-corrected chi connectivity index (χ1v) is 11.9. The molecule has 3 heteroatoms. The highest BCUT2D eigenvalue weighted by Crippen LogP contribution is 2.59. The van der Waals surface area contributed by atoms with E-state index in [1.54, 1.807) is 7.11 Å². The van der Waals surface area contributed by atoms with E-state index in [1.807, 2.05) is 91.0 Å². The Balaban J connectivity index is 1.97. The maximum atomic E-state index is 15.2. The van der Waals surface area contributed by atoms with Crippen LogP contribution in [0.5, 0.6) is 5.75 Å². The van der Waals surface area contributed by atoms with Crippen LogP contribution >= 0.6 is 7.14 Å². The fourth-order valence-corrected chi connectivity index (χ4v) is 7.46. The van der Waals surface area contributed by atoms with Gasteiger partial charge in [-0.3, -0.25) is 0 Å². The molecular weight excluding hydrogens is 387 g/mol. The summed E-state index contributed by atoms with van der Waals surface area (Å²) in [6, 6.07) is 38.1. The maximum Gasteiger partial charge on any atom is 0.154 e. The van der Waals surface area contributed by atoms with Crippen molar-refractivity contribution in [1.29, 1.82) is 0 Å². The Morgan fingerprint density at radius 2 is 1.23 bits per heavy atom. The Labute approximate surface area is 178 Å². The molecule has 0 saturated carbocycles. The summed E-state index contributed by atoms with van der Waals surface area (Å²) in [5.41, 5.74) is 2.02. The molecule has 4 aromatic carbocycles. The second kappa shape index (κ2) is 9.15. The van der Waals surface area contributed by atoms with Crippen molar-refractivity contribution >= 4 is 17.8 Å². The zero-order valence-corrected chi connectivity index (χ0v) is 17.9. The summed E-state index contributed by atoms with van der Waals surface area (Å²) in [4.78, 5) is 0. The fourth-order valence-electron chi connectivity index (χ4n) is 4.01. The van der Waals surface area contributed by atoms with Crippen molar-refractivity contribution in [3.63, 3.8) is 0 Å². The van der Waals surface area contributed by atoms with Gasteiger partial charge in [0, 0.05) is 11.0 Å². The van der Waals surface area contributed by atoms with E-state index in [-0.39, 0.29) is 5.66 Å². The van der Waals surface area contributed by atoms with Gasteiger partial charge in [0.2, 0.25) is 0 Å². The Hall–Kier alpha value is -3.09. The SMILES string of the molecule is COc1ccccc1P(=O)(c1ccccc1)C(Cc1ccccc1)c1ccccc1. The van der Waals surface area contributed by atoms with E-state index < -0.39 is 7.14 Å². The van der Waals surface area contributed by atoms with E-state index in [0.29, 0.717) is 12.2 Å². The first kappa shape index (κ1) is 20.2. The van der Waals surface area contributed by atoms with Crippen molar-refractivity contribution in [2.24, 2.45) is 0 Å². The molecule has 150 valence electrons. The summed E-state index contributed by atoms with van der Waals surface area (Å²) >= 11 is 0. The lowest BCUT2D eigenvalue weighted by Gasteiger charge is -2.30. The third-order valence-corrected chi connectivity index (χ3v) is 8.99. The Kier molecular flexibility index (Phi) is 6.16. The Morgan fingerprint density at radius 3 is 1.87 bits per heavy atom. The lowest BCUT2D eigenvalue weighted by Crippen LogP contribution is -2.24. The lowest BCUT2D eigenvalue weighted by atomic mass is 10.0. The molecule has 30 heavy (non-hydrogen) atoms. The number of ether oxygens (including phenoxy) is 1. The quantitative estimate of drug-likeness (QED) is 0.348. The van der Waals surface area contributed by atoms with Gasteiger partial charge >= 0.3 is 0 Å². The average Bonchev–Trinajstić information content (AvgIpc) is 2.84. The van der Waals surface area contributed by atoms with Gasteiger partial charge in [-0.2, -0.15) is 0 Å². The molecule has 0 bridgehead atoms. The lowest BCUT2D eigenvalue weighted by molar-refractivity contribution is 0.417. The van der Waals surface area contributed by atoms with Gasteiger partial charge in [-0.1, -0.05) is 103 Å². The fraction of sp³-hybridized carbons (Fsp3) is 0.111. The van der Waals surface area contributed by atoms with Crippen molar-refractivity contribution in [3.05, 3.63) is 126 Å². The van der Waals surface area contributed by atoms with E-state index in [0.717, 1.165) is 21.7 Å². The largest absolute Gasteiger partial charge is 0.496 e. The van der Waals surface area contributed by atoms with Crippen LogP contribution in [-0.2, 0) is 11.0 Å². The predicted octanol–water partition coefficient (Wildman–Crippen LogP) is 5.99. The van der Waals surface area contributed by atoms with Crippen LogP contribution in [0.15, 0.2) is 115 Å². The van der Waals surface area contributed by atoms with Gasteiger partial charge in [-0.25, -0.2) is 0 Å². The molecule has 4 aromatic rings. The minimum absolute atomic E-state index is 0.209. The zero-order chi connectivity index (χ0) is 20.8. The van der Waals surface area contributed by atoms with Crippen LogP contribution in [0.25, 0.3) is 0 Å². The van der Waals surface area contributed by atoms with Crippen LogP contribution in [0.1, 0.15) is 16.8 Å². The van der Waals surface area contributed by atoms with E-state index in [1.165, 1.54) is 0 Å². The molecule has 0 aliphatic carbocycles. The maximum absolute atomic E-state index is 15.2. The highest BCUT2D eigenvalue weighted by atomic mass is 31.2. The van der Waals surface area contributed by atoms with Crippen LogP contribution in [-0.4, -0.2) is 7.11 Å². The zero-order valence-electron chi connectivity index (χ0n) is 17.0. The number of hydrogen-bond donors (Lipinski definition) is 0. The van der Waals surface area contributed by atoms with Gasteiger partial charge in [0.25, 0.3) is 0 Å². The number of hydrogen-bond acceptors (Lipinski definition) is 2. The van der Waals surface area contributed by atoms with Gasteiger partial charge < -0.3 is 9.30 Å². The molecule has 0 aromatic heterocycles. The molecule has 0 heterocycles. The third-order valence-electron chi connectivity index (χ3n) is 5.48. The summed E-state index contributed by atoms with van der Waals surface area (Å²) in [6.45, 7) is 0. The molecule has 0 radical (unpaired) electrons. The van der Waals surface area contributed by atoms with Gasteiger partial charge in [-0.15, -0.1) is 0 Å². The molecule has 0 spiro atoms. The summed E-state index contributed by atoms with van der Waals surface area (Å²) in [5.74, 6) is 0.665. The van der Waals surface area contributed by atoms with E-state index >= 15 is 4.57 Å². The van der Waals surface area contributed by atoms with Crippen molar-refractivity contribution in [2.45, 2.75) is 12.1 Å². The van der Waals surface area contributed by atoms with Crippen LogP contribution in [0, 0.1) is 0 Å². The molecule has 0 saturated heterocycles. The monoisotopic (exact) mass is 412 g/mol. The van der Waals surface area contributed by atoms with Gasteiger partial charge in [0.1, 0.15) is 5.75 Å². The van der Waals surface area contributed by atoms with Crippen LogP contribution in [0.3, 0.4) is 0 Å². The molecule has 4 rings (SSSR count). The normalized spacial score (nSPS) is 13.9. The van der Waals surface area contributed by atoms with Gasteiger partial charge in [-0.05, 0) is 29.7 Å². The van der Waals surface area contributed by atoms with Crippen molar-refractivity contribution < 1.29 is 9.30 Å². The highest BCUT2D eigenvalue weighted by Gasteiger charge is 2.39. The number of benzene rings is 4. The molecular formula is C27H25O2P. The van der Waals surface area contributed by atoms with Crippen LogP contribution in [0.2, 0.25) is 0 Å². The Morgan fingerprint density at radius 1 is 0.700 bits per heavy atom. The smallest absolute Gasteiger partial charge is 0.154 e.